The van der Waals surface area contributed by atoms with Crippen molar-refractivity contribution in [3.63, 3.8) is 0 Å². The average Bonchev–Trinajstić information content (AvgIpc) is 2.74. The number of ether oxygens (including phenoxy) is 1. The van der Waals surface area contributed by atoms with Gasteiger partial charge in [0.05, 0.1) is 17.8 Å². The van der Waals surface area contributed by atoms with Crippen LogP contribution >= 0.6 is 11.3 Å². The van der Waals surface area contributed by atoms with Crippen LogP contribution < -0.4 is 5.32 Å². The van der Waals surface area contributed by atoms with Gasteiger partial charge in [0.25, 0.3) is 0 Å². The lowest BCUT2D eigenvalue weighted by atomic mass is 10.1. The zero-order valence-electron chi connectivity index (χ0n) is 14.5. The van der Waals surface area contributed by atoms with Crippen molar-refractivity contribution in [1.82, 2.24) is 10.3 Å². The number of aromatic nitrogens is 1. The Morgan fingerprint density at radius 1 is 1.25 bits per heavy atom. The number of carboxylic acids is 1. The molecule has 1 aliphatic carbocycles. The van der Waals surface area contributed by atoms with Crippen LogP contribution in [0.15, 0.2) is 0 Å². The Labute approximate surface area is 146 Å². The van der Waals surface area contributed by atoms with Crippen molar-refractivity contribution in [2.75, 3.05) is 0 Å². The fraction of sp³-hybridized carbons (Fsp3) is 0.706. The van der Waals surface area contributed by atoms with Gasteiger partial charge in [0.15, 0.2) is 0 Å². The van der Waals surface area contributed by atoms with Crippen molar-refractivity contribution in [2.24, 2.45) is 0 Å². The second-order valence-corrected chi connectivity index (χ2v) is 7.42. The van der Waals surface area contributed by atoms with Crippen LogP contribution in [-0.2, 0) is 9.53 Å². The third-order valence-electron chi connectivity index (χ3n) is 4.30. The van der Waals surface area contributed by atoms with Crippen LogP contribution in [0.1, 0.15) is 78.8 Å². The molecule has 1 fully saturated rings. The summed E-state index contributed by atoms with van der Waals surface area (Å²) in [6, 6.07) is -0.338. The summed E-state index contributed by atoms with van der Waals surface area (Å²) in [6.07, 6.45) is 6.47. The Balaban J connectivity index is 1.90. The maximum atomic E-state index is 12.3. The van der Waals surface area contributed by atoms with Crippen molar-refractivity contribution in [3.05, 3.63) is 15.6 Å². The smallest absolute Gasteiger partial charge is 0.347 e. The van der Waals surface area contributed by atoms with Crippen LogP contribution in [0.2, 0.25) is 0 Å². The van der Waals surface area contributed by atoms with E-state index in [1.807, 2.05) is 0 Å². The molecule has 0 saturated heterocycles. The number of nitrogens with zero attached hydrogens (tertiary/aromatic N) is 1. The summed E-state index contributed by atoms with van der Waals surface area (Å²) in [5, 5.41) is 12.6. The van der Waals surface area contributed by atoms with Crippen LogP contribution in [0.3, 0.4) is 0 Å². The predicted octanol–water partition coefficient (Wildman–Crippen LogP) is 3.45. The molecule has 1 aliphatic rings. The summed E-state index contributed by atoms with van der Waals surface area (Å²) < 4.78 is 5.91. The number of carboxylic acid groups (broad SMARTS) is 1. The molecule has 0 radical (unpaired) electrons. The van der Waals surface area contributed by atoms with Crippen molar-refractivity contribution in [1.29, 1.82) is 0 Å². The molecular formula is C17H26N2O4S. The topological polar surface area (TPSA) is 88.5 Å². The minimum absolute atomic E-state index is 0.157. The maximum Gasteiger partial charge on any atom is 0.347 e. The summed E-state index contributed by atoms with van der Waals surface area (Å²) in [6.45, 7) is 5.23. The zero-order chi connectivity index (χ0) is 17.7. The fourth-order valence-electron chi connectivity index (χ4n) is 2.92. The number of hydrogen-bond acceptors (Lipinski definition) is 5. The molecule has 24 heavy (non-hydrogen) atoms. The predicted molar refractivity (Wildman–Crippen MR) is 92.4 cm³/mol. The van der Waals surface area contributed by atoms with E-state index in [1.165, 1.54) is 12.8 Å². The van der Waals surface area contributed by atoms with Gasteiger partial charge in [-0.25, -0.2) is 9.78 Å². The number of aryl methyl sites for hydroxylation is 1. The highest BCUT2D eigenvalue weighted by Gasteiger charge is 2.24. The molecule has 0 bridgehead atoms. The van der Waals surface area contributed by atoms with E-state index in [1.54, 1.807) is 20.8 Å². The summed E-state index contributed by atoms with van der Waals surface area (Å²) in [5.41, 5.74) is 0.478. The second-order valence-electron chi connectivity index (χ2n) is 6.39. The molecule has 6 nitrogen and oxygen atoms in total. The number of rotatable bonds is 6. The summed E-state index contributed by atoms with van der Waals surface area (Å²) in [5.74, 6) is -1.17. The lowest BCUT2D eigenvalue weighted by molar-refractivity contribution is -0.136. The molecule has 1 heterocycles. The van der Waals surface area contributed by atoms with Crippen LogP contribution in [-0.4, -0.2) is 34.2 Å². The molecule has 0 aliphatic heterocycles. The van der Waals surface area contributed by atoms with Gasteiger partial charge in [0, 0.05) is 0 Å². The van der Waals surface area contributed by atoms with E-state index >= 15 is 0 Å². The number of nitrogens with one attached hydrogen (secondary N) is 1. The minimum atomic E-state index is -0.986. The summed E-state index contributed by atoms with van der Waals surface area (Å²) in [4.78, 5) is 27.9. The highest BCUT2D eigenvalue weighted by molar-refractivity contribution is 7.13. The third kappa shape index (κ3) is 5.01. The molecule has 2 atom stereocenters. The van der Waals surface area contributed by atoms with Crippen LogP contribution in [0.25, 0.3) is 0 Å². The fourth-order valence-corrected chi connectivity index (χ4v) is 3.83. The van der Waals surface area contributed by atoms with E-state index in [4.69, 9.17) is 9.84 Å². The van der Waals surface area contributed by atoms with E-state index in [0.29, 0.717) is 10.7 Å². The van der Waals surface area contributed by atoms with E-state index in [9.17, 15) is 9.59 Å². The first-order valence-electron chi connectivity index (χ1n) is 8.55. The lowest BCUT2D eigenvalue weighted by Gasteiger charge is -2.22. The van der Waals surface area contributed by atoms with Crippen molar-refractivity contribution in [2.45, 2.75) is 77.5 Å². The molecule has 2 N–H and O–H groups in total. The van der Waals surface area contributed by atoms with E-state index in [-0.39, 0.29) is 22.9 Å². The van der Waals surface area contributed by atoms with Gasteiger partial charge >= 0.3 is 5.97 Å². The molecule has 1 aromatic rings. The molecule has 2 rings (SSSR count). The van der Waals surface area contributed by atoms with Crippen molar-refractivity contribution >= 4 is 23.2 Å². The molecule has 134 valence electrons. The van der Waals surface area contributed by atoms with Gasteiger partial charge in [-0.3, -0.25) is 4.79 Å². The SMILES string of the molecule is Cc1nc(C(C)NC(=O)C(C)OC2CCCCCC2)sc1C(=O)O. The van der Waals surface area contributed by atoms with Gasteiger partial charge in [-0.15, -0.1) is 11.3 Å². The van der Waals surface area contributed by atoms with E-state index < -0.39 is 12.1 Å². The molecule has 1 amide bonds. The lowest BCUT2D eigenvalue weighted by Crippen LogP contribution is -2.38. The van der Waals surface area contributed by atoms with Gasteiger partial charge in [-0.2, -0.15) is 0 Å². The van der Waals surface area contributed by atoms with Crippen molar-refractivity contribution < 1.29 is 19.4 Å². The van der Waals surface area contributed by atoms with Gasteiger partial charge in [0.1, 0.15) is 16.0 Å². The maximum absolute atomic E-state index is 12.3. The van der Waals surface area contributed by atoms with Gasteiger partial charge < -0.3 is 15.2 Å². The summed E-state index contributed by atoms with van der Waals surface area (Å²) >= 11 is 1.10. The normalized spacial score (nSPS) is 18.6. The molecule has 0 aromatic carbocycles. The van der Waals surface area contributed by atoms with Gasteiger partial charge in [-0.1, -0.05) is 25.7 Å². The van der Waals surface area contributed by atoms with Gasteiger partial charge in [-0.05, 0) is 33.6 Å². The van der Waals surface area contributed by atoms with Crippen molar-refractivity contribution in [3.8, 4) is 0 Å². The Morgan fingerprint density at radius 3 is 2.42 bits per heavy atom. The number of carbonyl (C=O) groups excluding carboxylic acids is 1. The third-order valence-corrected chi connectivity index (χ3v) is 5.63. The van der Waals surface area contributed by atoms with E-state index in [0.717, 1.165) is 37.0 Å². The summed E-state index contributed by atoms with van der Waals surface area (Å²) in [7, 11) is 0. The highest BCUT2D eigenvalue weighted by atomic mass is 32.1. The zero-order valence-corrected chi connectivity index (χ0v) is 15.3. The Kier molecular flexibility index (Phi) is 6.74. The highest BCUT2D eigenvalue weighted by Crippen LogP contribution is 2.24. The number of aromatic carboxylic acids is 1. The molecule has 2 unspecified atom stereocenters. The number of amides is 1. The first kappa shape index (κ1) is 18.9. The quantitative estimate of drug-likeness (QED) is 0.764. The monoisotopic (exact) mass is 354 g/mol. The molecule has 7 heteroatoms. The standard InChI is InChI=1S/C17H26N2O4S/c1-10-14(17(21)22)24-16(19-10)11(2)18-15(20)12(3)23-13-8-6-4-5-7-9-13/h11-13H,4-9H2,1-3H3,(H,18,20)(H,21,22). The Morgan fingerprint density at radius 2 is 1.88 bits per heavy atom. The largest absolute Gasteiger partial charge is 0.477 e. The second kappa shape index (κ2) is 8.58. The Bertz CT molecular complexity index is 579. The van der Waals surface area contributed by atoms with E-state index in [2.05, 4.69) is 10.3 Å². The molecule has 0 spiro atoms. The van der Waals surface area contributed by atoms with Crippen LogP contribution in [0.5, 0.6) is 0 Å². The van der Waals surface area contributed by atoms with Gasteiger partial charge in [0.2, 0.25) is 5.91 Å². The molecular weight excluding hydrogens is 328 g/mol. The first-order valence-corrected chi connectivity index (χ1v) is 9.36. The average molecular weight is 354 g/mol. The molecule has 1 aromatic heterocycles. The molecule has 1 saturated carbocycles. The number of thiazole rings is 1. The van der Waals surface area contributed by atoms with Crippen LogP contribution in [0.4, 0.5) is 0 Å². The Hall–Kier alpha value is -1.47. The number of hydrogen-bond donors (Lipinski definition) is 2. The minimum Gasteiger partial charge on any atom is -0.477 e. The van der Waals surface area contributed by atoms with Crippen LogP contribution in [0, 0.1) is 6.92 Å². The number of carbonyl (C=O) groups is 2. The first-order chi connectivity index (χ1) is 11.4.